The first-order chi connectivity index (χ1) is 9.20. The average molecular weight is 269 g/mol. The highest BCUT2D eigenvalue weighted by atomic mass is 16.5. The SMILES string of the molecule is CCOC1(c2noc(CC(N)COC)n2)CCCC1. The molecule has 6 heteroatoms. The van der Waals surface area contributed by atoms with Crippen LogP contribution in [0.25, 0.3) is 0 Å². The number of ether oxygens (including phenoxy) is 2. The minimum atomic E-state index is -0.345. The van der Waals surface area contributed by atoms with Gasteiger partial charge in [-0.15, -0.1) is 0 Å². The zero-order valence-electron chi connectivity index (χ0n) is 11.7. The second-order valence-corrected chi connectivity index (χ2v) is 5.07. The van der Waals surface area contributed by atoms with Gasteiger partial charge in [0.15, 0.2) is 0 Å². The van der Waals surface area contributed by atoms with Crippen LogP contribution in [-0.4, -0.2) is 36.5 Å². The maximum absolute atomic E-state index is 5.90. The summed E-state index contributed by atoms with van der Waals surface area (Å²) in [6.07, 6.45) is 4.75. The van der Waals surface area contributed by atoms with Crippen LogP contribution in [0.3, 0.4) is 0 Å². The molecule has 19 heavy (non-hydrogen) atoms. The van der Waals surface area contributed by atoms with Gasteiger partial charge in [0.1, 0.15) is 5.60 Å². The molecule has 0 radical (unpaired) electrons. The van der Waals surface area contributed by atoms with Crippen molar-refractivity contribution < 1.29 is 14.0 Å². The molecule has 1 atom stereocenters. The van der Waals surface area contributed by atoms with Gasteiger partial charge in [0.25, 0.3) is 0 Å². The Hall–Kier alpha value is -0.980. The summed E-state index contributed by atoms with van der Waals surface area (Å²) in [6, 6.07) is -0.120. The predicted octanol–water partition coefficient (Wildman–Crippen LogP) is 1.39. The Kier molecular flexibility index (Phi) is 4.90. The molecular weight excluding hydrogens is 246 g/mol. The maximum Gasteiger partial charge on any atom is 0.228 e. The van der Waals surface area contributed by atoms with Crippen molar-refractivity contribution in [1.29, 1.82) is 0 Å². The van der Waals surface area contributed by atoms with Crippen molar-refractivity contribution in [3.8, 4) is 0 Å². The molecule has 1 saturated carbocycles. The number of nitrogens with zero attached hydrogens (tertiary/aromatic N) is 2. The Bertz CT molecular complexity index is 388. The standard InChI is InChI=1S/C13H23N3O3/c1-3-18-13(6-4-5-7-13)12-15-11(19-16-12)8-10(14)9-17-2/h10H,3-9,14H2,1-2H3. The van der Waals surface area contributed by atoms with E-state index in [0.717, 1.165) is 25.7 Å². The number of hydrogen-bond acceptors (Lipinski definition) is 6. The lowest BCUT2D eigenvalue weighted by molar-refractivity contribution is -0.0469. The van der Waals surface area contributed by atoms with Gasteiger partial charge in [0.2, 0.25) is 11.7 Å². The topological polar surface area (TPSA) is 83.4 Å². The average Bonchev–Trinajstić information content (AvgIpc) is 3.00. The Morgan fingerprint density at radius 3 is 2.79 bits per heavy atom. The van der Waals surface area contributed by atoms with E-state index in [2.05, 4.69) is 10.1 Å². The molecule has 6 nitrogen and oxygen atoms in total. The summed E-state index contributed by atoms with van der Waals surface area (Å²) < 4.78 is 16.2. The highest BCUT2D eigenvalue weighted by Gasteiger charge is 2.40. The summed E-state index contributed by atoms with van der Waals surface area (Å²) in [7, 11) is 1.63. The van der Waals surface area contributed by atoms with E-state index < -0.39 is 0 Å². The van der Waals surface area contributed by atoms with E-state index in [1.807, 2.05) is 6.92 Å². The molecule has 1 aliphatic rings. The quantitative estimate of drug-likeness (QED) is 0.805. The Balaban J connectivity index is 2.06. The first kappa shape index (κ1) is 14.4. The van der Waals surface area contributed by atoms with Crippen molar-refractivity contribution in [2.45, 2.75) is 50.7 Å². The van der Waals surface area contributed by atoms with E-state index in [-0.39, 0.29) is 11.6 Å². The first-order valence-corrected chi connectivity index (χ1v) is 6.91. The second-order valence-electron chi connectivity index (χ2n) is 5.07. The van der Waals surface area contributed by atoms with E-state index in [1.54, 1.807) is 7.11 Å². The zero-order chi connectivity index (χ0) is 13.7. The van der Waals surface area contributed by atoms with Crippen LogP contribution in [0.4, 0.5) is 0 Å². The summed E-state index contributed by atoms with van der Waals surface area (Å²) in [5, 5.41) is 4.09. The molecule has 1 aromatic heterocycles. The lowest BCUT2D eigenvalue weighted by Gasteiger charge is -2.24. The van der Waals surface area contributed by atoms with Crippen molar-refractivity contribution in [3.63, 3.8) is 0 Å². The molecule has 108 valence electrons. The summed E-state index contributed by atoms with van der Waals surface area (Å²) in [4.78, 5) is 4.47. The van der Waals surface area contributed by atoms with Gasteiger partial charge in [-0.05, 0) is 32.6 Å². The fraction of sp³-hybridized carbons (Fsp3) is 0.846. The molecule has 0 spiro atoms. The summed E-state index contributed by atoms with van der Waals surface area (Å²) >= 11 is 0. The fourth-order valence-electron chi connectivity index (χ4n) is 2.68. The molecule has 0 aliphatic heterocycles. The van der Waals surface area contributed by atoms with E-state index in [1.165, 1.54) is 0 Å². The van der Waals surface area contributed by atoms with Crippen LogP contribution >= 0.6 is 0 Å². The highest BCUT2D eigenvalue weighted by Crippen LogP contribution is 2.40. The van der Waals surface area contributed by atoms with Crippen LogP contribution in [0.5, 0.6) is 0 Å². The second kappa shape index (κ2) is 6.45. The van der Waals surface area contributed by atoms with E-state index in [9.17, 15) is 0 Å². The fourth-order valence-corrected chi connectivity index (χ4v) is 2.68. The predicted molar refractivity (Wildman–Crippen MR) is 69.6 cm³/mol. The van der Waals surface area contributed by atoms with Crippen molar-refractivity contribution in [1.82, 2.24) is 10.1 Å². The van der Waals surface area contributed by atoms with Gasteiger partial charge >= 0.3 is 0 Å². The zero-order valence-corrected chi connectivity index (χ0v) is 11.7. The lowest BCUT2D eigenvalue weighted by atomic mass is 10.0. The molecule has 1 unspecified atom stereocenters. The number of hydrogen-bond donors (Lipinski definition) is 1. The van der Waals surface area contributed by atoms with Crippen LogP contribution in [0.2, 0.25) is 0 Å². The van der Waals surface area contributed by atoms with Gasteiger partial charge in [-0.3, -0.25) is 0 Å². The van der Waals surface area contributed by atoms with Crippen LogP contribution in [0, 0.1) is 0 Å². The van der Waals surface area contributed by atoms with Gasteiger partial charge in [-0.1, -0.05) is 5.16 Å². The molecule has 2 rings (SSSR count). The van der Waals surface area contributed by atoms with Crippen LogP contribution in [-0.2, 0) is 21.5 Å². The van der Waals surface area contributed by atoms with Gasteiger partial charge < -0.3 is 19.7 Å². The summed E-state index contributed by atoms with van der Waals surface area (Å²) in [6.45, 7) is 3.14. The minimum Gasteiger partial charge on any atom is -0.383 e. The van der Waals surface area contributed by atoms with E-state index >= 15 is 0 Å². The van der Waals surface area contributed by atoms with E-state index in [0.29, 0.717) is 31.3 Å². The molecule has 1 fully saturated rings. The monoisotopic (exact) mass is 269 g/mol. The summed E-state index contributed by atoms with van der Waals surface area (Å²) in [5.41, 5.74) is 5.54. The number of aromatic nitrogens is 2. The van der Waals surface area contributed by atoms with Crippen molar-refractivity contribution in [2.24, 2.45) is 5.73 Å². The maximum atomic E-state index is 5.90. The van der Waals surface area contributed by atoms with Gasteiger partial charge in [0, 0.05) is 26.2 Å². The van der Waals surface area contributed by atoms with Crippen molar-refractivity contribution in [2.75, 3.05) is 20.3 Å². The molecular formula is C13H23N3O3. The molecule has 0 amide bonds. The molecule has 0 saturated heterocycles. The third kappa shape index (κ3) is 3.32. The third-order valence-corrected chi connectivity index (χ3v) is 3.53. The molecule has 1 heterocycles. The molecule has 2 N–H and O–H groups in total. The van der Waals surface area contributed by atoms with Crippen molar-refractivity contribution >= 4 is 0 Å². The lowest BCUT2D eigenvalue weighted by Crippen LogP contribution is -2.29. The molecule has 0 bridgehead atoms. The van der Waals surface area contributed by atoms with Crippen molar-refractivity contribution in [3.05, 3.63) is 11.7 Å². The minimum absolute atomic E-state index is 0.120. The van der Waals surface area contributed by atoms with Crippen LogP contribution in [0.15, 0.2) is 4.52 Å². The molecule has 1 aliphatic carbocycles. The van der Waals surface area contributed by atoms with Gasteiger partial charge in [-0.2, -0.15) is 4.98 Å². The normalized spacial score (nSPS) is 19.7. The Morgan fingerprint density at radius 2 is 2.16 bits per heavy atom. The molecule has 1 aromatic rings. The highest BCUT2D eigenvalue weighted by molar-refractivity contribution is 5.05. The number of nitrogens with two attached hydrogens (primary N) is 1. The van der Waals surface area contributed by atoms with Crippen LogP contribution < -0.4 is 5.73 Å². The first-order valence-electron chi connectivity index (χ1n) is 6.91. The van der Waals surface area contributed by atoms with Gasteiger partial charge in [0.05, 0.1) is 6.61 Å². The Morgan fingerprint density at radius 1 is 1.42 bits per heavy atom. The Labute approximate surface area is 113 Å². The van der Waals surface area contributed by atoms with Gasteiger partial charge in [-0.25, -0.2) is 0 Å². The van der Waals surface area contributed by atoms with E-state index in [4.69, 9.17) is 19.7 Å². The molecule has 0 aromatic carbocycles. The number of methoxy groups -OCH3 is 1. The van der Waals surface area contributed by atoms with Crippen LogP contribution in [0.1, 0.15) is 44.3 Å². The summed E-state index contributed by atoms with van der Waals surface area (Å²) in [5.74, 6) is 1.23. The number of rotatable bonds is 7. The third-order valence-electron chi connectivity index (χ3n) is 3.53. The largest absolute Gasteiger partial charge is 0.383 e. The smallest absolute Gasteiger partial charge is 0.228 e.